The number of carbonyl (C=O) groups is 1. The number of hydrogen-bond acceptors (Lipinski definition) is 4. The Morgan fingerprint density at radius 2 is 2.23 bits per heavy atom. The van der Waals surface area contributed by atoms with Crippen molar-refractivity contribution >= 4 is 11.6 Å². The van der Waals surface area contributed by atoms with Gasteiger partial charge in [0.25, 0.3) is 0 Å². The maximum absolute atomic E-state index is 12.0. The van der Waals surface area contributed by atoms with Gasteiger partial charge in [0.15, 0.2) is 0 Å². The second kappa shape index (κ2) is 7.70. The van der Waals surface area contributed by atoms with Crippen LogP contribution in [0.4, 0.5) is 5.69 Å². The van der Waals surface area contributed by atoms with Crippen LogP contribution in [-0.4, -0.2) is 26.7 Å². The highest BCUT2D eigenvalue weighted by molar-refractivity contribution is 5.91. The van der Waals surface area contributed by atoms with E-state index in [1.54, 1.807) is 6.33 Å². The van der Waals surface area contributed by atoms with Crippen molar-refractivity contribution < 1.29 is 4.79 Å². The van der Waals surface area contributed by atoms with Crippen molar-refractivity contribution in [2.45, 2.75) is 46.3 Å². The number of carbonyl (C=O) groups excluding carboxylic acids is 1. The Hall–Kier alpha value is -2.21. The molecule has 0 saturated heterocycles. The molecule has 22 heavy (non-hydrogen) atoms. The summed E-state index contributed by atoms with van der Waals surface area (Å²) in [7, 11) is 0. The van der Waals surface area contributed by atoms with E-state index in [2.05, 4.69) is 20.7 Å². The van der Waals surface area contributed by atoms with Crippen molar-refractivity contribution in [2.24, 2.45) is 0 Å². The van der Waals surface area contributed by atoms with Gasteiger partial charge in [0.1, 0.15) is 12.2 Å². The zero-order valence-electron chi connectivity index (χ0n) is 13.3. The molecular formula is C16H23N5O. The number of hydrogen-bond donors (Lipinski definition) is 2. The van der Waals surface area contributed by atoms with Crippen molar-refractivity contribution in [2.75, 3.05) is 5.32 Å². The monoisotopic (exact) mass is 301 g/mol. The molecule has 1 heterocycles. The Morgan fingerprint density at radius 1 is 1.41 bits per heavy atom. The molecule has 2 rings (SSSR count). The third-order valence-electron chi connectivity index (χ3n) is 3.40. The molecule has 1 unspecified atom stereocenters. The number of rotatable bonds is 7. The molecule has 1 amide bonds. The fourth-order valence-corrected chi connectivity index (χ4v) is 2.24. The first-order valence-corrected chi connectivity index (χ1v) is 7.55. The molecule has 0 aliphatic heterocycles. The summed E-state index contributed by atoms with van der Waals surface area (Å²) in [5.74, 6) is 0.885. The van der Waals surface area contributed by atoms with Gasteiger partial charge in [-0.25, -0.2) is 9.67 Å². The number of benzene rings is 1. The van der Waals surface area contributed by atoms with Crippen molar-refractivity contribution in [1.82, 2.24) is 20.1 Å². The van der Waals surface area contributed by atoms with Gasteiger partial charge in [-0.15, -0.1) is 0 Å². The summed E-state index contributed by atoms with van der Waals surface area (Å²) < 4.78 is 1.84. The first kappa shape index (κ1) is 16.2. The molecular weight excluding hydrogens is 278 g/mol. The van der Waals surface area contributed by atoms with Gasteiger partial charge in [-0.1, -0.05) is 12.1 Å². The molecule has 2 N–H and O–H groups in total. The minimum absolute atomic E-state index is 0.00237. The van der Waals surface area contributed by atoms with Crippen LogP contribution in [0.5, 0.6) is 0 Å². The second-order valence-corrected chi connectivity index (χ2v) is 5.40. The van der Waals surface area contributed by atoms with Crippen molar-refractivity contribution in [3.05, 3.63) is 42.0 Å². The van der Waals surface area contributed by atoms with Crippen LogP contribution < -0.4 is 10.6 Å². The van der Waals surface area contributed by atoms with Crippen LogP contribution in [0.2, 0.25) is 0 Å². The molecule has 6 heteroatoms. The Balaban J connectivity index is 1.79. The number of aromatic nitrogens is 3. The lowest BCUT2D eigenvalue weighted by Gasteiger charge is -2.14. The summed E-state index contributed by atoms with van der Waals surface area (Å²) in [4.78, 5) is 16.2. The molecule has 2 aromatic rings. The highest BCUT2D eigenvalue weighted by atomic mass is 16.1. The summed E-state index contributed by atoms with van der Waals surface area (Å²) in [6.45, 7) is 7.41. The van der Waals surface area contributed by atoms with Gasteiger partial charge in [-0.05, 0) is 38.5 Å². The maximum atomic E-state index is 12.0. The normalized spacial score (nSPS) is 12.1. The zero-order chi connectivity index (χ0) is 15.9. The SMILES string of the molecule is CCn1ncnc1CNC(C)CC(=O)Nc1cccc(C)c1. The topological polar surface area (TPSA) is 71.8 Å². The highest BCUT2D eigenvalue weighted by Gasteiger charge is 2.10. The molecule has 6 nitrogen and oxygen atoms in total. The van der Waals surface area contributed by atoms with Gasteiger partial charge in [0, 0.05) is 24.7 Å². The molecule has 1 aromatic carbocycles. The maximum Gasteiger partial charge on any atom is 0.225 e. The first-order chi connectivity index (χ1) is 10.6. The van der Waals surface area contributed by atoms with Crippen LogP contribution in [0.3, 0.4) is 0 Å². The van der Waals surface area contributed by atoms with E-state index < -0.39 is 0 Å². The highest BCUT2D eigenvalue weighted by Crippen LogP contribution is 2.10. The number of anilines is 1. The van der Waals surface area contributed by atoms with Gasteiger partial charge in [0.2, 0.25) is 5.91 Å². The molecule has 0 aliphatic carbocycles. The number of amides is 1. The smallest absolute Gasteiger partial charge is 0.225 e. The molecule has 0 fully saturated rings. The van der Waals surface area contributed by atoms with E-state index in [0.29, 0.717) is 13.0 Å². The van der Waals surface area contributed by atoms with Gasteiger partial charge in [-0.3, -0.25) is 4.79 Å². The Morgan fingerprint density at radius 3 is 2.95 bits per heavy atom. The lowest BCUT2D eigenvalue weighted by Crippen LogP contribution is -2.31. The molecule has 118 valence electrons. The Bertz CT molecular complexity index is 623. The lowest BCUT2D eigenvalue weighted by atomic mass is 10.2. The second-order valence-electron chi connectivity index (χ2n) is 5.40. The summed E-state index contributed by atoms with van der Waals surface area (Å²) in [5, 5.41) is 10.3. The summed E-state index contributed by atoms with van der Waals surface area (Å²) in [6, 6.07) is 7.85. The average molecular weight is 301 g/mol. The standard InChI is InChI=1S/C16H23N5O/c1-4-21-15(18-11-19-21)10-17-13(3)9-16(22)20-14-7-5-6-12(2)8-14/h5-8,11,13,17H,4,9-10H2,1-3H3,(H,20,22). The van der Waals surface area contributed by atoms with Crippen LogP contribution in [0, 0.1) is 6.92 Å². The largest absolute Gasteiger partial charge is 0.326 e. The van der Waals surface area contributed by atoms with E-state index in [1.165, 1.54) is 0 Å². The van der Waals surface area contributed by atoms with Gasteiger partial charge >= 0.3 is 0 Å². The van der Waals surface area contributed by atoms with E-state index >= 15 is 0 Å². The van der Waals surface area contributed by atoms with E-state index in [1.807, 2.05) is 49.7 Å². The third kappa shape index (κ3) is 4.66. The predicted octanol–water partition coefficient (Wildman–Crippen LogP) is 2.11. The first-order valence-electron chi connectivity index (χ1n) is 7.55. The van der Waals surface area contributed by atoms with Crippen LogP contribution in [0.1, 0.15) is 31.7 Å². The predicted molar refractivity (Wildman–Crippen MR) is 86.4 cm³/mol. The van der Waals surface area contributed by atoms with Crippen LogP contribution in [0.25, 0.3) is 0 Å². The summed E-state index contributed by atoms with van der Waals surface area (Å²) >= 11 is 0. The Labute approximate surface area is 130 Å². The van der Waals surface area contributed by atoms with Crippen molar-refractivity contribution in [3.8, 4) is 0 Å². The quantitative estimate of drug-likeness (QED) is 0.821. The minimum Gasteiger partial charge on any atom is -0.326 e. The molecule has 1 atom stereocenters. The molecule has 0 spiro atoms. The number of aryl methyl sites for hydroxylation is 2. The van der Waals surface area contributed by atoms with E-state index in [0.717, 1.165) is 23.6 Å². The van der Waals surface area contributed by atoms with E-state index in [4.69, 9.17) is 0 Å². The fraction of sp³-hybridized carbons (Fsp3) is 0.438. The zero-order valence-corrected chi connectivity index (χ0v) is 13.3. The number of nitrogens with one attached hydrogen (secondary N) is 2. The average Bonchev–Trinajstić information content (AvgIpc) is 2.92. The van der Waals surface area contributed by atoms with Crippen molar-refractivity contribution in [1.29, 1.82) is 0 Å². The molecule has 0 aliphatic rings. The molecule has 0 radical (unpaired) electrons. The third-order valence-corrected chi connectivity index (χ3v) is 3.40. The van der Waals surface area contributed by atoms with Gasteiger partial charge < -0.3 is 10.6 Å². The lowest BCUT2D eigenvalue weighted by molar-refractivity contribution is -0.116. The van der Waals surface area contributed by atoms with Crippen LogP contribution >= 0.6 is 0 Å². The molecule has 1 aromatic heterocycles. The van der Waals surface area contributed by atoms with Crippen LogP contribution in [-0.2, 0) is 17.9 Å². The summed E-state index contributed by atoms with van der Waals surface area (Å²) in [6.07, 6.45) is 1.96. The van der Waals surface area contributed by atoms with Gasteiger partial charge in [-0.2, -0.15) is 5.10 Å². The van der Waals surface area contributed by atoms with Crippen LogP contribution in [0.15, 0.2) is 30.6 Å². The fourth-order valence-electron chi connectivity index (χ4n) is 2.24. The Kier molecular flexibility index (Phi) is 5.66. The van der Waals surface area contributed by atoms with Crippen molar-refractivity contribution in [3.63, 3.8) is 0 Å². The van der Waals surface area contributed by atoms with E-state index in [9.17, 15) is 4.79 Å². The van der Waals surface area contributed by atoms with E-state index in [-0.39, 0.29) is 11.9 Å². The minimum atomic E-state index is 0.00237. The van der Waals surface area contributed by atoms with Gasteiger partial charge in [0.05, 0.1) is 6.54 Å². The number of nitrogens with zero attached hydrogens (tertiary/aromatic N) is 3. The molecule has 0 saturated carbocycles. The molecule has 0 bridgehead atoms. The summed E-state index contributed by atoms with van der Waals surface area (Å²) in [5.41, 5.74) is 1.96.